The summed E-state index contributed by atoms with van der Waals surface area (Å²) in [5, 5.41) is 9.36. The molecule has 0 bridgehead atoms. The zero-order valence-electron chi connectivity index (χ0n) is 8.10. The van der Waals surface area contributed by atoms with Gasteiger partial charge in [0.05, 0.1) is 0 Å². The SMILES string of the molecule is CN1CC(CC=O)c2cc(O)ccc21. The van der Waals surface area contributed by atoms with Crippen molar-refractivity contribution in [3.05, 3.63) is 23.8 Å². The highest BCUT2D eigenvalue weighted by molar-refractivity contribution is 5.64. The molecular weight excluding hydrogens is 178 g/mol. The first-order valence-corrected chi connectivity index (χ1v) is 4.70. The minimum Gasteiger partial charge on any atom is -0.508 e. The molecule has 0 aromatic heterocycles. The molecule has 1 N–H and O–H groups in total. The van der Waals surface area contributed by atoms with Crippen LogP contribution in [0.4, 0.5) is 5.69 Å². The van der Waals surface area contributed by atoms with Gasteiger partial charge in [-0.1, -0.05) is 0 Å². The summed E-state index contributed by atoms with van der Waals surface area (Å²) in [5.74, 6) is 0.509. The number of carbonyl (C=O) groups is 1. The standard InChI is InChI=1S/C11H13NO2/c1-12-7-8(4-5-13)10-6-9(14)2-3-11(10)12/h2-3,5-6,8,14H,4,7H2,1H3. The molecule has 1 heterocycles. The Morgan fingerprint density at radius 2 is 2.43 bits per heavy atom. The van der Waals surface area contributed by atoms with E-state index in [1.807, 2.05) is 13.1 Å². The van der Waals surface area contributed by atoms with Gasteiger partial charge in [0.2, 0.25) is 0 Å². The number of fused-ring (bicyclic) bond motifs is 1. The highest BCUT2D eigenvalue weighted by Crippen LogP contribution is 2.38. The molecule has 14 heavy (non-hydrogen) atoms. The third kappa shape index (κ3) is 1.35. The van der Waals surface area contributed by atoms with E-state index in [4.69, 9.17) is 0 Å². The number of phenols is 1. The lowest BCUT2D eigenvalue weighted by atomic mass is 9.98. The third-order valence-corrected chi connectivity index (χ3v) is 2.74. The van der Waals surface area contributed by atoms with Crippen LogP contribution in [0.5, 0.6) is 5.75 Å². The maximum Gasteiger partial charge on any atom is 0.120 e. The molecule has 0 spiro atoms. The van der Waals surface area contributed by atoms with Crippen LogP contribution in [0.2, 0.25) is 0 Å². The number of benzene rings is 1. The Morgan fingerprint density at radius 3 is 3.14 bits per heavy atom. The van der Waals surface area contributed by atoms with Gasteiger partial charge in [-0.15, -0.1) is 0 Å². The molecule has 0 saturated heterocycles. The molecule has 0 saturated carbocycles. The number of aldehydes is 1. The van der Waals surface area contributed by atoms with E-state index in [9.17, 15) is 9.90 Å². The maximum absolute atomic E-state index is 10.5. The van der Waals surface area contributed by atoms with Crippen LogP contribution >= 0.6 is 0 Å². The maximum atomic E-state index is 10.5. The monoisotopic (exact) mass is 191 g/mol. The van der Waals surface area contributed by atoms with Crippen molar-refractivity contribution in [3.8, 4) is 5.75 Å². The third-order valence-electron chi connectivity index (χ3n) is 2.74. The molecule has 0 fully saturated rings. The first kappa shape index (κ1) is 9.06. The van der Waals surface area contributed by atoms with Gasteiger partial charge in [0.1, 0.15) is 12.0 Å². The van der Waals surface area contributed by atoms with Gasteiger partial charge in [-0.3, -0.25) is 0 Å². The van der Waals surface area contributed by atoms with Crippen molar-refractivity contribution in [1.82, 2.24) is 0 Å². The molecule has 2 rings (SSSR count). The van der Waals surface area contributed by atoms with Crippen molar-refractivity contribution in [2.75, 3.05) is 18.5 Å². The van der Waals surface area contributed by atoms with E-state index < -0.39 is 0 Å². The summed E-state index contributed by atoms with van der Waals surface area (Å²) in [6.07, 6.45) is 1.47. The van der Waals surface area contributed by atoms with Crippen LogP contribution in [0.25, 0.3) is 0 Å². The molecule has 1 aliphatic rings. The second-order valence-electron chi connectivity index (χ2n) is 3.72. The molecule has 74 valence electrons. The normalized spacial score (nSPS) is 19.5. The number of anilines is 1. The molecule has 0 aliphatic carbocycles. The first-order valence-electron chi connectivity index (χ1n) is 4.70. The van der Waals surface area contributed by atoms with Crippen molar-refractivity contribution in [2.24, 2.45) is 0 Å². The number of phenolic OH excluding ortho intramolecular Hbond substituents is 1. The van der Waals surface area contributed by atoms with E-state index in [1.54, 1.807) is 12.1 Å². The molecule has 3 nitrogen and oxygen atoms in total. The smallest absolute Gasteiger partial charge is 0.120 e. The quantitative estimate of drug-likeness (QED) is 0.720. The summed E-state index contributed by atoms with van der Waals surface area (Å²) in [6.45, 7) is 0.859. The van der Waals surface area contributed by atoms with E-state index in [0.717, 1.165) is 24.1 Å². The van der Waals surface area contributed by atoms with E-state index >= 15 is 0 Å². The van der Waals surface area contributed by atoms with Gasteiger partial charge in [-0.25, -0.2) is 0 Å². The molecule has 0 amide bonds. The van der Waals surface area contributed by atoms with Crippen LogP contribution in [-0.2, 0) is 4.79 Å². The second kappa shape index (κ2) is 3.33. The zero-order chi connectivity index (χ0) is 10.1. The lowest BCUT2D eigenvalue weighted by Crippen LogP contribution is -2.15. The number of nitrogens with zero attached hydrogens (tertiary/aromatic N) is 1. The van der Waals surface area contributed by atoms with Gasteiger partial charge in [-0.05, 0) is 23.8 Å². The molecule has 3 heteroatoms. The largest absolute Gasteiger partial charge is 0.508 e. The molecule has 1 unspecified atom stereocenters. The Labute approximate surface area is 83.0 Å². The number of hydrogen-bond acceptors (Lipinski definition) is 3. The Morgan fingerprint density at radius 1 is 1.64 bits per heavy atom. The number of carbonyl (C=O) groups excluding carboxylic acids is 1. The van der Waals surface area contributed by atoms with Gasteiger partial charge >= 0.3 is 0 Å². The molecule has 1 aromatic carbocycles. The van der Waals surface area contributed by atoms with Crippen LogP contribution < -0.4 is 4.90 Å². The van der Waals surface area contributed by atoms with Crippen molar-refractivity contribution in [1.29, 1.82) is 0 Å². The topological polar surface area (TPSA) is 40.5 Å². The zero-order valence-corrected chi connectivity index (χ0v) is 8.10. The summed E-state index contributed by atoms with van der Waals surface area (Å²) in [4.78, 5) is 12.6. The van der Waals surface area contributed by atoms with Crippen LogP contribution in [-0.4, -0.2) is 25.0 Å². The fourth-order valence-corrected chi connectivity index (χ4v) is 2.06. The Kier molecular flexibility index (Phi) is 2.15. The Hall–Kier alpha value is -1.51. The van der Waals surface area contributed by atoms with Crippen LogP contribution in [0.1, 0.15) is 17.9 Å². The van der Waals surface area contributed by atoms with Crippen molar-refractivity contribution < 1.29 is 9.90 Å². The van der Waals surface area contributed by atoms with Crippen molar-refractivity contribution >= 4 is 12.0 Å². The lowest BCUT2D eigenvalue weighted by molar-refractivity contribution is -0.108. The highest BCUT2D eigenvalue weighted by Gasteiger charge is 2.25. The fraction of sp³-hybridized carbons (Fsp3) is 0.364. The molecule has 1 aliphatic heterocycles. The summed E-state index contributed by atoms with van der Waals surface area (Å²) < 4.78 is 0. The van der Waals surface area contributed by atoms with Gasteiger partial charge in [-0.2, -0.15) is 0 Å². The van der Waals surface area contributed by atoms with Crippen LogP contribution in [0, 0.1) is 0 Å². The lowest BCUT2D eigenvalue weighted by Gasteiger charge is -2.11. The first-order chi connectivity index (χ1) is 6.72. The highest BCUT2D eigenvalue weighted by atomic mass is 16.3. The average molecular weight is 191 g/mol. The molecule has 1 aromatic rings. The van der Waals surface area contributed by atoms with E-state index in [-0.39, 0.29) is 11.7 Å². The van der Waals surface area contributed by atoms with Gasteiger partial charge in [0.25, 0.3) is 0 Å². The summed E-state index contributed by atoms with van der Waals surface area (Å²) >= 11 is 0. The summed E-state index contributed by atoms with van der Waals surface area (Å²) in [6, 6.07) is 5.33. The van der Waals surface area contributed by atoms with Gasteiger partial charge in [0.15, 0.2) is 0 Å². The Balaban J connectivity index is 2.40. The summed E-state index contributed by atoms with van der Waals surface area (Å²) in [7, 11) is 2.00. The van der Waals surface area contributed by atoms with Gasteiger partial charge < -0.3 is 14.8 Å². The van der Waals surface area contributed by atoms with Crippen molar-refractivity contribution in [3.63, 3.8) is 0 Å². The van der Waals surface area contributed by atoms with E-state index in [2.05, 4.69) is 4.90 Å². The Bertz CT molecular complexity index is 362. The number of aromatic hydroxyl groups is 1. The second-order valence-corrected chi connectivity index (χ2v) is 3.72. The van der Waals surface area contributed by atoms with Crippen molar-refractivity contribution in [2.45, 2.75) is 12.3 Å². The number of rotatable bonds is 2. The van der Waals surface area contributed by atoms with E-state index in [0.29, 0.717) is 6.42 Å². The number of likely N-dealkylation sites (N-methyl/N-ethyl adjacent to an activating group) is 1. The van der Waals surface area contributed by atoms with Crippen LogP contribution in [0.3, 0.4) is 0 Å². The fourth-order valence-electron chi connectivity index (χ4n) is 2.06. The molecule has 1 atom stereocenters. The minimum atomic E-state index is 0.236. The average Bonchev–Trinajstić information content (AvgIpc) is 2.44. The molecular formula is C11H13NO2. The predicted octanol–water partition coefficient (Wildman–Crippen LogP) is 1.51. The molecule has 0 radical (unpaired) electrons. The summed E-state index contributed by atoms with van der Waals surface area (Å²) in [5.41, 5.74) is 2.20. The predicted molar refractivity (Wildman–Crippen MR) is 54.8 cm³/mol. The van der Waals surface area contributed by atoms with E-state index in [1.165, 1.54) is 0 Å². The number of hydrogen-bond donors (Lipinski definition) is 1. The van der Waals surface area contributed by atoms with Crippen LogP contribution in [0.15, 0.2) is 18.2 Å². The van der Waals surface area contributed by atoms with Gasteiger partial charge in [0, 0.05) is 31.6 Å². The minimum absolute atomic E-state index is 0.236.